The van der Waals surface area contributed by atoms with E-state index >= 15 is 0 Å². The van der Waals surface area contributed by atoms with Crippen molar-refractivity contribution in [3.05, 3.63) is 47.2 Å². The molecule has 0 saturated carbocycles. The van der Waals surface area contributed by atoms with Crippen LogP contribution in [0.15, 0.2) is 36.5 Å². The van der Waals surface area contributed by atoms with Gasteiger partial charge in [-0.1, -0.05) is 18.5 Å². The molecule has 1 saturated heterocycles. The molecule has 0 bridgehead atoms. The summed E-state index contributed by atoms with van der Waals surface area (Å²) >= 11 is 6.17. The van der Waals surface area contributed by atoms with Gasteiger partial charge in [-0.05, 0) is 43.2 Å². The number of nitrogens with one attached hydrogen (secondary N) is 1. The molecule has 1 amide bonds. The van der Waals surface area contributed by atoms with E-state index in [9.17, 15) is 4.79 Å². The van der Waals surface area contributed by atoms with E-state index in [4.69, 9.17) is 11.6 Å². The standard InChI is InChI=1S/C18H20ClN3O/c1-2-17(23)21-10-7-18(8-11-21)16-4-3-9-22(16)15-12-13(19)5-6-14(15)20-18/h3-6,9,12,20H,2,7-8,10-11H2,1H3. The summed E-state index contributed by atoms with van der Waals surface area (Å²) in [4.78, 5) is 13.9. The number of carbonyl (C=O) groups is 1. The number of benzene rings is 1. The van der Waals surface area contributed by atoms with Crippen LogP contribution in [-0.4, -0.2) is 28.5 Å². The largest absolute Gasteiger partial charge is 0.372 e. The summed E-state index contributed by atoms with van der Waals surface area (Å²) in [5, 5.41) is 4.48. The Labute approximate surface area is 141 Å². The zero-order valence-corrected chi connectivity index (χ0v) is 13.9. The summed E-state index contributed by atoms with van der Waals surface area (Å²) in [7, 11) is 0. The molecule has 4 nitrogen and oxygen atoms in total. The zero-order chi connectivity index (χ0) is 16.0. The van der Waals surface area contributed by atoms with E-state index in [-0.39, 0.29) is 11.4 Å². The van der Waals surface area contributed by atoms with E-state index < -0.39 is 0 Å². The summed E-state index contributed by atoms with van der Waals surface area (Å²) < 4.78 is 2.23. The van der Waals surface area contributed by atoms with Gasteiger partial charge in [-0.2, -0.15) is 0 Å². The zero-order valence-electron chi connectivity index (χ0n) is 13.2. The molecule has 0 radical (unpaired) electrons. The molecule has 4 rings (SSSR count). The number of anilines is 1. The fourth-order valence-corrected chi connectivity index (χ4v) is 4.02. The Balaban J connectivity index is 1.70. The molecule has 0 unspecified atom stereocenters. The highest BCUT2D eigenvalue weighted by molar-refractivity contribution is 6.30. The predicted molar refractivity (Wildman–Crippen MR) is 92.2 cm³/mol. The fraction of sp³-hybridized carbons (Fsp3) is 0.389. The van der Waals surface area contributed by atoms with Crippen molar-refractivity contribution in [2.45, 2.75) is 31.7 Å². The number of aromatic nitrogens is 1. The second kappa shape index (κ2) is 5.31. The molecule has 120 valence electrons. The van der Waals surface area contributed by atoms with E-state index in [1.807, 2.05) is 30.0 Å². The molecule has 1 fully saturated rings. The highest BCUT2D eigenvalue weighted by Crippen LogP contribution is 2.43. The molecular weight excluding hydrogens is 310 g/mol. The number of piperidine rings is 1. The van der Waals surface area contributed by atoms with Gasteiger partial charge >= 0.3 is 0 Å². The Morgan fingerprint density at radius 2 is 2.09 bits per heavy atom. The second-order valence-electron chi connectivity index (χ2n) is 6.37. The van der Waals surface area contributed by atoms with Gasteiger partial charge in [0.25, 0.3) is 0 Å². The Hall–Kier alpha value is -1.94. The Bertz CT molecular complexity index is 759. The van der Waals surface area contributed by atoms with Gasteiger partial charge in [-0.25, -0.2) is 0 Å². The Morgan fingerprint density at radius 3 is 2.83 bits per heavy atom. The number of hydrogen-bond acceptors (Lipinski definition) is 2. The van der Waals surface area contributed by atoms with Gasteiger partial charge < -0.3 is 14.8 Å². The number of likely N-dealkylation sites (tertiary alicyclic amines) is 1. The third-order valence-corrected chi connectivity index (χ3v) is 5.34. The van der Waals surface area contributed by atoms with Crippen molar-refractivity contribution in [3.63, 3.8) is 0 Å². The highest BCUT2D eigenvalue weighted by atomic mass is 35.5. The number of rotatable bonds is 1. The molecule has 1 aromatic carbocycles. The van der Waals surface area contributed by atoms with Crippen molar-refractivity contribution in [3.8, 4) is 5.69 Å². The lowest BCUT2D eigenvalue weighted by Crippen LogP contribution is -2.50. The molecule has 23 heavy (non-hydrogen) atoms. The fourth-order valence-electron chi connectivity index (χ4n) is 3.86. The number of halogens is 1. The lowest BCUT2D eigenvalue weighted by molar-refractivity contribution is -0.132. The average Bonchev–Trinajstić information content (AvgIpc) is 3.07. The first-order chi connectivity index (χ1) is 11.1. The minimum atomic E-state index is -0.102. The van der Waals surface area contributed by atoms with Crippen molar-refractivity contribution >= 4 is 23.2 Å². The van der Waals surface area contributed by atoms with Gasteiger partial charge in [0, 0.05) is 36.4 Å². The van der Waals surface area contributed by atoms with E-state index in [0.29, 0.717) is 6.42 Å². The minimum Gasteiger partial charge on any atom is -0.372 e. The van der Waals surface area contributed by atoms with E-state index in [0.717, 1.165) is 42.3 Å². The molecule has 0 aliphatic carbocycles. The molecule has 1 spiro atoms. The average molecular weight is 330 g/mol. The van der Waals surface area contributed by atoms with Crippen LogP contribution < -0.4 is 5.32 Å². The Kier molecular flexibility index (Phi) is 3.38. The van der Waals surface area contributed by atoms with Crippen molar-refractivity contribution < 1.29 is 4.79 Å². The van der Waals surface area contributed by atoms with Crippen LogP contribution in [0.1, 0.15) is 31.9 Å². The van der Waals surface area contributed by atoms with Gasteiger partial charge in [-0.15, -0.1) is 0 Å². The number of hydrogen-bond donors (Lipinski definition) is 1. The molecule has 2 aliphatic heterocycles. The second-order valence-corrected chi connectivity index (χ2v) is 6.80. The third kappa shape index (κ3) is 2.24. The maximum absolute atomic E-state index is 12.0. The topological polar surface area (TPSA) is 37.3 Å². The van der Waals surface area contributed by atoms with Crippen LogP contribution in [0.3, 0.4) is 0 Å². The van der Waals surface area contributed by atoms with Crippen LogP contribution >= 0.6 is 11.6 Å². The van der Waals surface area contributed by atoms with Crippen molar-refractivity contribution in [1.29, 1.82) is 0 Å². The van der Waals surface area contributed by atoms with Crippen LogP contribution in [0, 0.1) is 0 Å². The van der Waals surface area contributed by atoms with Crippen molar-refractivity contribution in [1.82, 2.24) is 9.47 Å². The normalized spacial score (nSPS) is 18.3. The number of carbonyl (C=O) groups excluding carboxylic acids is 1. The van der Waals surface area contributed by atoms with Gasteiger partial charge in [0.15, 0.2) is 0 Å². The van der Waals surface area contributed by atoms with Crippen LogP contribution in [-0.2, 0) is 10.3 Å². The van der Waals surface area contributed by atoms with Gasteiger partial charge in [0.1, 0.15) is 0 Å². The van der Waals surface area contributed by atoms with E-state index in [1.54, 1.807) is 0 Å². The maximum Gasteiger partial charge on any atom is 0.222 e. The van der Waals surface area contributed by atoms with Crippen LogP contribution in [0.25, 0.3) is 5.69 Å². The van der Waals surface area contributed by atoms with Crippen molar-refractivity contribution in [2.24, 2.45) is 0 Å². The molecule has 3 heterocycles. The lowest BCUT2D eigenvalue weighted by atomic mass is 9.82. The van der Waals surface area contributed by atoms with Gasteiger partial charge in [-0.3, -0.25) is 4.79 Å². The van der Waals surface area contributed by atoms with Gasteiger partial charge in [0.05, 0.1) is 16.9 Å². The van der Waals surface area contributed by atoms with Crippen LogP contribution in [0.4, 0.5) is 5.69 Å². The molecule has 2 aliphatic rings. The molecule has 2 aromatic rings. The first kappa shape index (κ1) is 14.6. The van der Waals surface area contributed by atoms with Crippen LogP contribution in [0.5, 0.6) is 0 Å². The third-order valence-electron chi connectivity index (χ3n) is 5.10. The summed E-state index contributed by atoms with van der Waals surface area (Å²) in [6.07, 6.45) is 4.52. The molecule has 1 N–H and O–H groups in total. The Morgan fingerprint density at radius 1 is 1.30 bits per heavy atom. The highest BCUT2D eigenvalue weighted by Gasteiger charge is 2.42. The first-order valence-corrected chi connectivity index (χ1v) is 8.54. The molecular formula is C18H20ClN3O. The summed E-state index contributed by atoms with van der Waals surface area (Å²) in [5.41, 5.74) is 3.36. The maximum atomic E-state index is 12.0. The minimum absolute atomic E-state index is 0.102. The number of nitrogens with zero attached hydrogens (tertiary/aromatic N) is 2. The monoisotopic (exact) mass is 329 g/mol. The van der Waals surface area contributed by atoms with E-state index in [1.165, 1.54) is 5.69 Å². The predicted octanol–water partition coefficient (Wildman–Crippen LogP) is 3.78. The SMILES string of the molecule is CCC(=O)N1CCC2(CC1)Nc1ccc(Cl)cc1-n1cccc12. The molecule has 5 heteroatoms. The van der Waals surface area contributed by atoms with Crippen molar-refractivity contribution in [2.75, 3.05) is 18.4 Å². The molecule has 1 aromatic heterocycles. The van der Waals surface area contributed by atoms with Gasteiger partial charge in [0.2, 0.25) is 5.91 Å². The molecule has 0 atom stereocenters. The van der Waals surface area contributed by atoms with Crippen LogP contribution in [0.2, 0.25) is 5.02 Å². The summed E-state index contributed by atoms with van der Waals surface area (Å²) in [6, 6.07) is 10.2. The smallest absolute Gasteiger partial charge is 0.222 e. The summed E-state index contributed by atoms with van der Waals surface area (Å²) in [6.45, 7) is 3.53. The van der Waals surface area contributed by atoms with E-state index in [2.05, 4.69) is 28.2 Å². The number of fused-ring (bicyclic) bond motifs is 4. The number of amides is 1. The lowest BCUT2D eigenvalue weighted by Gasteiger charge is -2.46. The summed E-state index contributed by atoms with van der Waals surface area (Å²) in [5.74, 6) is 0.248. The quantitative estimate of drug-likeness (QED) is 0.864. The first-order valence-electron chi connectivity index (χ1n) is 8.17.